The van der Waals surface area contributed by atoms with Gasteiger partial charge in [-0.3, -0.25) is 0 Å². The van der Waals surface area contributed by atoms with Gasteiger partial charge in [-0.1, -0.05) is 80.0 Å². The Hall–Kier alpha value is -2.80. The highest BCUT2D eigenvalue weighted by Gasteiger charge is 2.22. The van der Waals surface area contributed by atoms with Crippen LogP contribution in [-0.4, -0.2) is 25.5 Å². The molecule has 0 aliphatic heterocycles. The van der Waals surface area contributed by atoms with Crippen molar-refractivity contribution in [2.45, 2.75) is 27.7 Å². The minimum absolute atomic E-state index is 0.181. The quantitative estimate of drug-likeness (QED) is 0.209. The van der Waals surface area contributed by atoms with Crippen LogP contribution in [0.25, 0.3) is 21.5 Å². The molecule has 3 aromatic carbocycles. The first-order chi connectivity index (χ1) is 14.8. The molecule has 0 atom stereocenters. The third-order valence-electron chi connectivity index (χ3n) is 4.34. The van der Waals surface area contributed by atoms with E-state index in [-0.39, 0.29) is 25.0 Å². The maximum atomic E-state index is 12.4. The van der Waals surface area contributed by atoms with Crippen molar-refractivity contribution in [1.29, 1.82) is 0 Å². The molecule has 0 amide bonds. The van der Waals surface area contributed by atoms with Crippen molar-refractivity contribution in [1.82, 2.24) is 0 Å². The minimum atomic E-state index is -0.791. The number of benzene rings is 3. The van der Waals surface area contributed by atoms with Gasteiger partial charge in [-0.15, -0.1) is 0 Å². The van der Waals surface area contributed by atoms with Crippen molar-refractivity contribution < 1.29 is 28.5 Å². The fraction of sp³-hybridized carbons (Fsp3) is 0.333. The van der Waals surface area contributed by atoms with E-state index in [1.54, 1.807) is 18.2 Å². The number of carbonyl (C=O) groups is 2. The average molecular weight is 489 g/mol. The standard InChI is InChI=1S/C24H25BrO6/c1-14(2)12-28-23(26)30-21-16-8-5-6-9-17(16)22(31-24(27)29-13-15(3)4)20-18(21)10-7-11-19(20)25/h5-11,14-15H,12-13H2,1-4H3. The van der Waals surface area contributed by atoms with Crippen molar-refractivity contribution in [3.8, 4) is 11.5 Å². The Labute approximate surface area is 189 Å². The Balaban J connectivity index is 2.13. The van der Waals surface area contributed by atoms with Gasteiger partial charge in [0.05, 0.1) is 13.2 Å². The number of rotatable bonds is 6. The van der Waals surface area contributed by atoms with Crippen LogP contribution in [0, 0.1) is 11.8 Å². The number of fused-ring (bicyclic) bond motifs is 2. The first-order valence-corrected chi connectivity index (χ1v) is 10.9. The third-order valence-corrected chi connectivity index (χ3v) is 5.00. The highest BCUT2D eigenvalue weighted by Crippen LogP contribution is 2.45. The zero-order valence-corrected chi connectivity index (χ0v) is 19.5. The predicted octanol–water partition coefficient (Wildman–Crippen LogP) is 7.10. The largest absolute Gasteiger partial charge is 0.513 e. The fourth-order valence-corrected chi connectivity index (χ4v) is 3.56. The van der Waals surface area contributed by atoms with Crippen molar-refractivity contribution in [2.24, 2.45) is 11.8 Å². The molecule has 0 unspecified atom stereocenters. The molecular weight excluding hydrogens is 464 g/mol. The lowest BCUT2D eigenvalue weighted by Gasteiger charge is -2.17. The highest BCUT2D eigenvalue weighted by molar-refractivity contribution is 9.10. The Morgan fingerprint density at radius 2 is 1.23 bits per heavy atom. The van der Waals surface area contributed by atoms with Gasteiger partial charge in [0.1, 0.15) is 0 Å². The molecule has 0 aromatic heterocycles. The van der Waals surface area contributed by atoms with Gasteiger partial charge in [0.2, 0.25) is 0 Å². The van der Waals surface area contributed by atoms with E-state index in [9.17, 15) is 9.59 Å². The van der Waals surface area contributed by atoms with Crippen LogP contribution in [0.1, 0.15) is 27.7 Å². The number of carbonyl (C=O) groups excluding carboxylic acids is 2. The molecule has 0 bridgehead atoms. The molecule has 0 aliphatic rings. The van der Waals surface area contributed by atoms with E-state index in [4.69, 9.17) is 18.9 Å². The van der Waals surface area contributed by atoms with E-state index in [1.807, 2.05) is 52.0 Å². The molecule has 164 valence electrons. The van der Waals surface area contributed by atoms with Crippen LogP contribution in [0.2, 0.25) is 0 Å². The Bertz CT molecular complexity index is 1110. The second-order valence-corrected chi connectivity index (χ2v) is 8.83. The van der Waals surface area contributed by atoms with Crippen LogP contribution in [0.5, 0.6) is 11.5 Å². The Morgan fingerprint density at radius 1 is 0.742 bits per heavy atom. The molecule has 0 heterocycles. The summed E-state index contributed by atoms with van der Waals surface area (Å²) in [4.78, 5) is 24.7. The summed E-state index contributed by atoms with van der Waals surface area (Å²) < 4.78 is 22.4. The molecule has 31 heavy (non-hydrogen) atoms. The molecular formula is C24H25BrO6. The molecule has 0 fully saturated rings. The van der Waals surface area contributed by atoms with Crippen LogP contribution >= 0.6 is 15.9 Å². The van der Waals surface area contributed by atoms with E-state index in [1.165, 1.54) is 0 Å². The smallest absolute Gasteiger partial charge is 0.434 e. The fourth-order valence-electron chi connectivity index (χ4n) is 3.01. The first kappa shape index (κ1) is 22.9. The molecule has 0 saturated heterocycles. The maximum absolute atomic E-state index is 12.4. The minimum Gasteiger partial charge on any atom is -0.434 e. The normalized spacial score (nSPS) is 11.2. The highest BCUT2D eigenvalue weighted by atomic mass is 79.9. The summed E-state index contributed by atoms with van der Waals surface area (Å²) in [5, 5.41) is 2.41. The monoisotopic (exact) mass is 488 g/mol. The van der Waals surface area contributed by atoms with Crippen LogP contribution < -0.4 is 9.47 Å². The number of halogens is 1. The molecule has 0 radical (unpaired) electrons. The van der Waals surface area contributed by atoms with Crippen LogP contribution in [0.15, 0.2) is 46.9 Å². The summed E-state index contributed by atoms with van der Waals surface area (Å²) in [6.07, 6.45) is -1.58. The van der Waals surface area contributed by atoms with E-state index >= 15 is 0 Å². The second-order valence-electron chi connectivity index (χ2n) is 7.98. The summed E-state index contributed by atoms with van der Waals surface area (Å²) in [7, 11) is 0. The van der Waals surface area contributed by atoms with Crippen LogP contribution in [-0.2, 0) is 9.47 Å². The molecule has 0 N–H and O–H groups in total. The third kappa shape index (κ3) is 5.47. The Kier molecular flexibility index (Phi) is 7.38. The van der Waals surface area contributed by atoms with Gasteiger partial charge in [0.15, 0.2) is 11.5 Å². The van der Waals surface area contributed by atoms with Crippen molar-refractivity contribution in [3.05, 3.63) is 46.9 Å². The lowest BCUT2D eigenvalue weighted by molar-refractivity contribution is 0.0879. The van der Waals surface area contributed by atoms with Crippen LogP contribution in [0.3, 0.4) is 0 Å². The zero-order valence-electron chi connectivity index (χ0n) is 17.9. The molecule has 0 spiro atoms. The zero-order chi connectivity index (χ0) is 22.5. The lowest BCUT2D eigenvalue weighted by atomic mass is 10.0. The van der Waals surface area contributed by atoms with Gasteiger partial charge in [0, 0.05) is 26.0 Å². The molecule has 3 aromatic rings. The average Bonchev–Trinajstić information content (AvgIpc) is 2.73. The van der Waals surface area contributed by atoms with Crippen molar-refractivity contribution in [2.75, 3.05) is 13.2 Å². The van der Waals surface area contributed by atoms with Crippen molar-refractivity contribution >= 4 is 49.8 Å². The molecule has 7 heteroatoms. The number of hydrogen-bond donors (Lipinski definition) is 0. The summed E-state index contributed by atoms with van der Waals surface area (Å²) in [5.41, 5.74) is 0. The molecule has 0 aliphatic carbocycles. The van der Waals surface area contributed by atoms with E-state index in [0.717, 1.165) is 0 Å². The SMILES string of the molecule is CC(C)COC(=O)Oc1c2ccccc2c(OC(=O)OCC(C)C)c2c(Br)cccc12. The summed E-state index contributed by atoms with van der Waals surface area (Å²) >= 11 is 3.53. The van der Waals surface area contributed by atoms with Crippen LogP contribution in [0.4, 0.5) is 9.59 Å². The summed E-state index contributed by atoms with van der Waals surface area (Å²) in [5.74, 6) is 1.03. The molecule has 3 rings (SSSR count). The second kappa shape index (κ2) is 10.0. The van der Waals surface area contributed by atoms with Gasteiger partial charge in [0.25, 0.3) is 0 Å². The predicted molar refractivity (Wildman–Crippen MR) is 123 cm³/mol. The van der Waals surface area contributed by atoms with E-state index < -0.39 is 12.3 Å². The number of hydrogen-bond acceptors (Lipinski definition) is 6. The summed E-state index contributed by atoms with van der Waals surface area (Å²) in [6.45, 7) is 8.28. The molecule has 0 saturated carbocycles. The van der Waals surface area contributed by atoms with Gasteiger partial charge in [-0.05, 0) is 17.9 Å². The van der Waals surface area contributed by atoms with Gasteiger partial charge in [-0.25, -0.2) is 9.59 Å². The topological polar surface area (TPSA) is 71.1 Å². The maximum Gasteiger partial charge on any atom is 0.513 e. The van der Waals surface area contributed by atoms with Crippen molar-refractivity contribution in [3.63, 3.8) is 0 Å². The van der Waals surface area contributed by atoms with Gasteiger partial charge < -0.3 is 18.9 Å². The van der Waals surface area contributed by atoms with E-state index in [0.29, 0.717) is 37.5 Å². The number of ether oxygens (including phenoxy) is 4. The van der Waals surface area contributed by atoms with E-state index in [2.05, 4.69) is 15.9 Å². The lowest BCUT2D eigenvalue weighted by Crippen LogP contribution is -2.16. The van der Waals surface area contributed by atoms with Gasteiger partial charge in [-0.2, -0.15) is 0 Å². The first-order valence-electron chi connectivity index (χ1n) is 10.1. The Morgan fingerprint density at radius 3 is 1.77 bits per heavy atom. The van der Waals surface area contributed by atoms with Gasteiger partial charge >= 0.3 is 12.3 Å². The summed E-state index contributed by atoms with van der Waals surface area (Å²) in [6, 6.07) is 12.7. The molecule has 6 nitrogen and oxygen atoms in total.